The van der Waals surface area contributed by atoms with Gasteiger partial charge < -0.3 is 9.73 Å². The number of anilines is 1. The molecule has 2 rings (SSSR count). The molecule has 1 aromatic carbocycles. The van der Waals surface area contributed by atoms with Crippen molar-refractivity contribution in [2.75, 3.05) is 5.32 Å². The highest BCUT2D eigenvalue weighted by Gasteiger charge is 2.08. The number of allylic oxidation sites excluding steroid dienone is 1. The molecule has 5 heteroatoms. The molecule has 20 heavy (non-hydrogen) atoms. The van der Waals surface area contributed by atoms with Gasteiger partial charge in [-0.25, -0.2) is 0 Å². The Morgan fingerprint density at radius 1 is 1.40 bits per heavy atom. The van der Waals surface area contributed by atoms with E-state index in [1.165, 1.54) is 0 Å². The molecule has 104 valence electrons. The third-order valence-corrected chi connectivity index (χ3v) is 2.76. The summed E-state index contributed by atoms with van der Waals surface area (Å²) in [4.78, 5) is 11.9. The summed E-state index contributed by atoms with van der Waals surface area (Å²) >= 11 is 0. The van der Waals surface area contributed by atoms with E-state index in [4.69, 9.17) is 4.42 Å². The van der Waals surface area contributed by atoms with Gasteiger partial charge in [-0.05, 0) is 31.5 Å². The van der Waals surface area contributed by atoms with Gasteiger partial charge in [0, 0.05) is 23.7 Å². The monoisotopic (exact) mass is 271 g/mol. The number of benzene rings is 1. The maximum atomic E-state index is 11.9. The van der Waals surface area contributed by atoms with E-state index in [1.807, 2.05) is 37.3 Å². The number of rotatable bonds is 4. The maximum Gasteiger partial charge on any atom is 0.250 e. The molecule has 0 aliphatic heterocycles. The lowest BCUT2D eigenvalue weighted by molar-refractivity contribution is -0.112. The fraction of sp³-hybridized carbons (Fsp3) is 0.267. The standard InChI is InChI=1S/C15H17N3O2/c1-4-6-10(2)14(19)16-13-8-5-7-12(9-13)15-18-17-11(3)20-15/h5-9H,4H2,1-3H3,(H,16,19)/b10-6+. The van der Waals surface area contributed by atoms with E-state index in [0.717, 1.165) is 12.0 Å². The molecule has 1 aromatic heterocycles. The van der Waals surface area contributed by atoms with Crippen LogP contribution >= 0.6 is 0 Å². The van der Waals surface area contributed by atoms with Crippen LogP contribution in [0, 0.1) is 6.92 Å². The fourth-order valence-electron chi connectivity index (χ4n) is 1.77. The number of carbonyl (C=O) groups is 1. The molecule has 0 saturated carbocycles. The van der Waals surface area contributed by atoms with Gasteiger partial charge in [-0.15, -0.1) is 10.2 Å². The number of nitrogens with zero attached hydrogens (tertiary/aromatic N) is 2. The minimum absolute atomic E-state index is 0.106. The van der Waals surface area contributed by atoms with Crippen molar-refractivity contribution in [3.05, 3.63) is 41.8 Å². The maximum absolute atomic E-state index is 11.9. The molecule has 1 heterocycles. The SMILES string of the molecule is CC/C=C(\C)C(=O)Nc1cccc(-c2nnc(C)o2)c1. The van der Waals surface area contributed by atoms with Crippen LogP contribution in [0.5, 0.6) is 0 Å². The minimum Gasteiger partial charge on any atom is -0.421 e. The van der Waals surface area contributed by atoms with Crippen LogP contribution in [0.1, 0.15) is 26.2 Å². The van der Waals surface area contributed by atoms with Gasteiger partial charge in [0.25, 0.3) is 5.91 Å². The van der Waals surface area contributed by atoms with Crippen LogP contribution in [-0.2, 0) is 4.79 Å². The van der Waals surface area contributed by atoms with Crippen LogP contribution in [0.2, 0.25) is 0 Å². The van der Waals surface area contributed by atoms with Gasteiger partial charge in [0.1, 0.15) is 0 Å². The predicted octanol–water partition coefficient (Wildman–Crippen LogP) is 3.34. The number of amides is 1. The number of carbonyl (C=O) groups excluding carboxylic acids is 1. The van der Waals surface area contributed by atoms with Crippen molar-refractivity contribution in [3.8, 4) is 11.5 Å². The molecule has 0 bridgehead atoms. The zero-order valence-corrected chi connectivity index (χ0v) is 11.8. The summed E-state index contributed by atoms with van der Waals surface area (Å²) in [6.45, 7) is 5.53. The smallest absolute Gasteiger partial charge is 0.250 e. The van der Waals surface area contributed by atoms with Crippen molar-refractivity contribution in [2.24, 2.45) is 0 Å². The molecule has 1 amide bonds. The second kappa shape index (κ2) is 6.14. The van der Waals surface area contributed by atoms with Crippen LogP contribution in [-0.4, -0.2) is 16.1 Å². The van der Waals surface area contributed by atoms with Crippen LogP contribution in [0.3, 0.4) is 0 Å². The van der Waals surface area contributed by atoms with Gasteiger partial charge in [0.05, 0.1) is 0 Å². The summed E-state index contributed by atoms with van der Waals surface area (Å²) in [5.41, 5.74) is 2.18. The first-order chi connectivity index (χ1) is 9.60. The number of hydrogen-bond acceptors (Lipinski definition) is 4. The van der Waals surface area contributed by atoms with Crippen molar-refractivity contribution in [1.82, 2.24) is 10.2 Å². The average molecular weight is 271 g/mol. The van der Waals surface area contributed by atoms with E-state index in [-0.39, 0.29) is 5.91 Å². The fourth-order valence-corrected chi connectivity index (χ4v) is 1.77. The van der Waals surface area contributed by atoms with Crippen molar-refractivity contribution in [3.63, 3.8) is 0 Å². The lowest BCUT2D eigenvalue weighted by atomic mass is 10.2. The zero-order valence-electron chi connectivity index (χ0n) is 11.8. The van der Waals surface area contributed by atoms with Crippen LogP contribution in [0.15, 0.2) is 40.3 Å². The summed E-state index contributed by atoms with van der Waals surface area (Å²) in [5.74, 6) is 0.848. The number of hydrogen-bond donors (Lipinski definition) is 1. The Morgan fingerprint density at radius 3 is 2.85 bits per heavy atom. The van der Waals surface area contributed by atoms with Crippen molar-refractivity contribution in [1.29, 1.82) is 0 Å². The zero-order chi connectivity index (χ0) is 14.5. The summed E-state index contributed by atoms with van der Waals surface area (Å²) in [5, 5.41) is 10.6. The molecule has 0 unspecified atom stereocenters. The summed E-state index contributed by atoms with van der Waals surface area (Å²) in [6.07, 6.45) is 2.72. The Morgan fingerprint density at radius 2 is 2.20 bits per heavy atom. The van der Waals surface area contributed by atoms with E-state index in [1.54, 1.807) is 13.8 Å². The highest BCUT2D eigenvalue weighted by Crippen LogP contribution is 2.21. The largest absolute Gasteiger partial charge is 0.421 e. The molecule has 5 nitrogen and oxygen atoms in total. The summed E-state index contributed by atoms with van der Waals surface area (Å²) in [7, 11) is 0. The molecule has 0 aliphatic rings. The van der Waals surface area contributed by atoms with Gasteiger partial charge in [0.2, 0.25) is 11.8 Å². The third-order valence-electron chi connectivity index (χ3n) is 2.76. The van der Waals surface area contributed by atoms with Gasteiger partial charge in [-0.1, -0.05) is 19.1 Å². The Kier molecular flexibility index (Phi) is 4.30. The van der Waals surface area contributed by atoms with Gasteiger partial charge in [-0.3, -0.25) is 4.79 Å². The molecule has 0 spiro atoms. The first kappa shape index (κ1) is 14.0. The molecule has 0 aliphatic carbocycles. The number of nitrogens with one attached hydrogen (secondary N) is 1. The summed E-state index contributed by atoms with van der Waals surface area (Å²) in [6, 6.07) is 7.33. The Hall–Kier alpha value is -2.43. The highest BCUT2D eigenvalue weighted by molar-refractivity contribution is 6.03. The van der Waals surface area contributed by atoms with Crippen molar-refractivity contribution >= 4 is 11.6 Å². The molecule has 0 saturated heterocycles. The Bertz CT molecular complexity index is 644. The van der Waals surface area contributed by atoms with Crippen molar-refractivity contribution in [2.45, 2.75) is 27.2 Å². The first-order valence-corrected chi connectivity index (χ1v) is 6.48. The highest BCUT2D eigenvalue weighted by atomic mass is 16.4. The second-order valence-corrected chi connectivity index (χ2v) is 4.46. The van der Waals surface area contributed by atoms with Crippen LogP contribution in [0.4, 0.5) is 5.69 Å². The van der Waals surface area contributed by atoms with E-state index in [9.17, 15) is 4.79 Å². The van der Waals surface area contributed by atoms with E-state index >= 15 is 0 Å². The van der Waals surface area contributed by atoms with Gasteiger partial charge in [0.15, 0.2) is 0 Å². The topological polar surface area (TPSA) is 68.0 Å². The molecule has 0 atom stereocenters. The predicted molar refractivity (Wildman–Crippen MR) is 77.1 cm³/mol. The third kappa shape index (κ3) is 3.32. The number of aromatic nitrogens is 2. The molecule has 0 fully saturated rings. The van der Waals surface area contributed by atoms with Crippen LogP contribution < -0.4 is 5.32 Å². The lowest BCUT2D eigenvalue weighted by Gasteiger charge is -2.06. The molecule has 0 radical (unpaired) electrons. The number of aryl methyl sites for hydroxylation is 1. The van der Waals surface area contributed by atoms with E-state index < -0.39 is 0 Å². The molecule has 2 aromatic rings. The quantitative estimate of drug-likeness (QED) is 0.866. The average Bonchev–Trinajstić information content (AvgIpc) is 2.86. The molecular formula is C15H17N3O2. The molecular weight excluding hydrogens is 254 g/mol. The Balaban J connectivity index is 2.18. The van der Waals surface area contributed by atoms with Gasteiger partial charge >= 0.3 is 0 Å². The Labute approximate surface area is 117 Å². The van der Waals surface area contributed by atoms with Crippen LogP contribution in [0.25, 0.3) is 11.5 Å². The van der Waals surface area contributed by atoms with Gasteiger partial charge in [-0.2, -0.15) is 0 Å². The minimum atomic E-state index is -0.106. The first-order valence-electron chi connectivity index (χ1n) is 6.48. The second-order valence-electron chi connectivity index (χ2n) is 4.46. The van der Waals surface area contributed by atoms with E-state index in [2.05, 4.69) is 15.5 Å². The lowest BCUT2D eigenvalue weighted by Crippen LogP contribution is -2.12. The van der Waals surface area contributed by atoms with E-state index in [0.29, 0.717) is 23.0 Å². The normalized spacial score (nSPS) is 11.4. The summed E-state index contributed by atoms with van der Waals surface area (Å²) < 4.78 is 5.37. The van der Waals surface area contributed by atoms with Crippen molar-refractivity contribution < 1.29 is 9.21 Å². The molecule has 1 N–H and O–H groups in total.